The van der Waals surface area contributed by atoms with E-state index >= 15 is 0 Å². The second-order valence-electron chi connectivity index (χ2n) is 6.86. The Morgan fingerprint density at radius 3 is 2.54 bits per heavy atom. The highest BCUT2D eigenvalue weighted by molar-refractivity contribution is 6.13. The van der Waals surface area contributed by atoms with E-state index in [0.29, 0.717) is 11.3 Å². The number of pyridine rings is 1. The second kappa shape index (κ2) is 5.63. The third-order valence-electron chi connectivity index (χ3n) is 5.15. The summed E-state index contributed by atoms with van der Waals surface area (Å²) >= 11 is 0. The Balaban J connectivity index is 1.84. The summed E-state index contributed by atoms with van der Waals surface area (Å²) in [4.78, 5) is 18.0. The van der Waals surface area contributed by atoms with E-state index in [9.17, 15) is 4.79 Å². The molecule has 0 spiro atoms. The van der Waals surface area contributed by atoms with Crippen LogP contribution in [0.3, 0.4) is 0 Å². The molecule has 0 fully saturated rings. The van der Waals surface area contributed by atoms with Crippen molar-refractivity contribution in [3.05, 3.63) is 101 Å². The van der Waals surface area contributed by atoms with Crippen molar-refractivity contribution in [2.24, 2.45) is 0 Å². The van der Waals surface area contributed by atoms with Crippen LogP contribution in [0.1, 0.15) is 32.7 Å². The second-order valence-corrected chi connectivity index (χ2v) is 6.86. The number of hydrogen-bond acceptors (Lipinski definition) is 2. The number of nitrogens with zero attached hydrogens (tertiary/aromatic N) is 1. The topological polar surface area (TPSA) is 30.0 Å². The molecule has 4 aromatic rings. The molecule has 26 heavy (non-hydrogen) atoms. The van der Waals surface area contributed by atoms with Gasteiger partial charge in [-0.15, -0.1) is 0 Å². The first-order valence-corrected chi connectivity index (χ1v) is 8.83. The zero-order valence-electron chi connectivity index (χ0n) is 14.5. The molecule has 3 aromatic carbocycles. The monoisotopic (exact) mass is 335 g/mol. The van der Waals surface area contributed by atoms with Gasteiger partial charge in [-0.25, -0.2) is 4.98 Å². The van der Waals surface area contributed by atoms with Crippen molar-refractivity contribution in [3.8, 4) is 11.1 Å². The summed E-state index contributed by atoms with van der Waals surface area (Å²) in [7, 11) is 0. The molecule has 124 valence electrons. The molecule has 0 aliphatic heterocycles. The zero-order valence-corrected chi connectivity index (χ0v) is 14.5. The molecule has 1 aliphatic rings. The van der Waals surface area contributed by atoms with Crippen molar-refractivity contribution in [2.75, 3.05) is 0 Å². The summed E-state index contributed by atoms with van der Waals surface area (Å²) in [6.07, 6.45) is 0.760. The summed E-state index contributed by atoms with van der Waals surface area (Å²) < 4.78 is 0. The zero-order chi connectivity index (χ0) is 17.7. The molecule has 0 radical (unpaired) electrons. The van der Waals surface area contributed by atoms with Crippen molar-refractivity contribution in [2.45, 2.75) is 13.3 Å². The van der Waals surface area contributed by atoms with Crippen molar-refractivity contribution in [1.82, 2.24) is 4.98 Å². The van der Waals surface area contributed by atoms with E-state index in [1.807, 2.05) is 36.4 Å². The number of benzene rings is 3. The summed E-state index contributed by atoms with van der Waals surface area (Å²) in [5, 5.41) is 1.13. The molecule has 0 unspecified atom stereocenters. The number of carbonyl (C=O) groups excluding carboxylic acids is 1. The first kappa shape index (κ1) is 15.0. The first-order chi connectivity index (χ1) is 12.7. The van der Waals surface area contributed by atoms with Gasteiger partial charge < -0.3 is 0 Å². The molecule has 0 saturated heterocycles. The number of ketones is 1. The van der Waals surface area contributed by atoms with Gasteiger partial charge in [-0.2, -0.15) is 0 Å². The molecule has 0 amide bonds. The fraction of sp³-hybridized carbons (Fsp3) is 0.0833. The highest BCUT2D eigenvalue weighted by Crippen LogP contribution is 2.42. The quantitative estimate of drug-likeness (QED) is 0.407. The summed E-state index contributed by atoms with van der Waals surface area (Å²) in [6.45, 7) is 2.09. The third-order valence-corrected chi connectivity index (χ3v) is 5.15. The number of rotatable bonds is 2. The largest absolute Gasteiger partial charge is 0.287 e. The Hall–Kier alpha value is -3.26. The van der Waals surface area contributed by atoms with Crippen LogP contribution in [-0.4, -0.2) is 10.8 Å². The van der Waals surface area contributed by atoms with E-state index in [1.54, 1.807) is 0 Å². The van der Waals surface area contributed by atoms with Gasteiger partial charge in [0.15, 0.2) is 0 Å². The van der Waals surface area contributed by atoms with E-state index < -0.39 is 0 Å². The highest BCUT2D eigenvalue weighted by Gasteiger charge is 2.27. The molecule has 2 heteroatoms. The lowest BCUT2D eigenvalue weighted by Crippen LogP contribution is -2.08. The minimum absolute atomic E-state index is 0.00266. The molecule has 0 atom stereocenters. The van der Waals surface area contributed by atoms with Gasteiger partial charge in [0.25, 0.3) is 0 Å². The average molecular weight is 335 g/mol. The standard InChI is InChI=1S/C24H17NO/c1-15-11-12-21-19(13-15)22-18-10-6-5-9-17(18)14-20(22)23(25-21)24(26)16-7-3-2-4-8-16/h2-13H,14H2,1H3. The van der Waals surface area contributed by atoms with Gasteiger partial charge >= 0.3 is 0 Å². The van der Waals surface area contributed by atoms with E-state index in [2.05, 4.69) is 43.3 Å². The fourth-order valence-electron chi connectivity index (χ4n) is 3.92. The van der Waals surface area contributed by atoms with Crippen molar-refractivity contribution in [1.29, 1.82) is 0 Å². The predicted molar refractivity (Wildman–Crippen MR) is 105 cm³/mol. The van der Waals surface area contributed by atoms with Crippen molar-refractivity contribution < 1.29 is 4.79 Å². The number of aromatic nitrogens is 1. The average Bonchev–Trinajstić information content (AvgIpc) is 3.07. The maximum absolute atomic E-state index is 13.2. The Morgan fingerprint density at radius 1 is 0.923 bits per heavy atom. The lowest BCUT2D eigenvalue weighted by Gasteiger charge is -2.12. The molecule has 5 rings (SSSR count). The Bertz CT molecular complexity index is 1180. The number of carbonyl (C=O) groups is 1. The van der Waals surface area contributed by atoms with Crippen LogP contribution in [0.5, 0.6) is 0 Å². The Morgan fingerprint density at radius 2 is 1.69 bits per heavy atom. The van der Waals surface area contributed by atoms with Crippen LogP contribution in [0.2, 0.25) is 0 Å². The molecule has 0 N–H and O–H groups in total. The van der Waals surface area contributed by atoms with Gasteiger partial charge in [-0.1, -0.05) is 66.2 Å². The van der Waals surface area contributed by atoms with Gasteiger partial charge in [0.2, 0.25) is 5.78 Å². The number of aryl methyl sites for hydroxylation is 1. The highest BCUT2D eigenvalue weighted by atomic mass is 16.1. The number of hydrogen-bond donors (Lipinski definition) is 0. The van der Waals surface area contributed by atoms with Crippen LogP contribution in [-0.2, 0) is 6.42 Å². The smallest absolute Gasteiger partial charge is 0.211 e. The Labute approximate surface area is 152 Å². The normalized spacial score (nSPS) is 12.0. The lowest BCUT2D eigenvalue weighted by atomic mass is 9.95. The fourth-order valence-corrected chi connectivity index (χ4v) is 3.92. The third kappa shape index (κ3) is 2.19. The van der Waals surface area contributed by atoms with E-state index in [-0.39, 0.29) is 5.78 Å². The maximum atomic E-state index is 13.2. The van der Waals surface area contributed by atoms with Gasteiger partial charge in [-0.05, 0) is 41.3 Å². The van der Waals surface area contributed by atoms with Crippen molar-refractivity contribution in [3.63, 3.8) is 0 Å². The van der Waals surface area contributed by atoms with Crippen molar-refractivity contribution >= 4 is 16.7 Å². The molecule has 0 saturated carbocycles. The molecule has 1 aromatic heterocycles. The van der Waals surface area contributed by atoms with Crippen LogP contribution >= 0.6 is 0 Å². The van der Waals surface area contributed by atoms with Crippen LogP contribution < -0.4 is 0 Å². The van der Waals surface area contributed by atoms with E-state index in [4.69, 9.17) is 4.98 Å². The summed E-state index contributed by atoms with van der Waals surface area (Å²) in [5.74, 6) is -0.00266. The Kier molecular flexibility index (Phi) is 3.26. The van der Waals surface area contributed by atoms with Crippen LogP contribution in [0.15, 0.2) is 72.8 Å². The first-order valence-electron chi connectivity index (χ1n) is 8.83. The van der Waals surface area contributed by atoms with Gasteiger partial charge in [0, 0.05) is 17.4 Å². The van der Waals surface area contributed by atoms with E-state index in [1.165, 1.54) is 22.3 Å². The minimum Gasteiger partial charge on any atom is -0.287 e. The molecular formula is C24H17NO. The minimum atomic E-state index is -0.00266. The molecular weight excluding hydrogens is 318 g/mol. The predicted octanol–water partition coefficient (Wildman–Crippen LogP) is 5.35. The van der Waals surface area contributed by atoms with Crippen LogP contribution in [0.25, 0.3) is 22.0 Å². The summed E-state index contributed by atoms with van der Waals surface area (Å²) in [5.41, 5.74) is 8.07. The van der Waals surface area contributed by atoms with E-state index in [0.717, 1.165) is 22.9 Å². The van der Waals surface area contributed by atoms with Crippen LogP contribution in [0.4, 0.5) is 0 Å². The SMILES string of the molecule is Cc1ccc2nc(C(=O)c3ccccc3)c3c(c2c1)-c1ccccc1C3. The lowest BCUT2D eigenvalue weighted by molar-refractivity contribution is 0.103. The van der Waals surface area contributed by atoms with Crippen LogP contribution in [0, 0.1) is 6.92 Å². The van der Waals surface area contributed by atoms with Gasteiger partial charge in [-0.3, -0.25) is 4.79 Å². The van der Waals surface area contributed by atoms with Gasteiger partial charge in [0.1, 0.15) is 5.69 Å². The molecule has 2 nitrogen and oxygen atoms in total. The van der Waals surface area contributed by atoms with Gasteiger partial charge in [0.05, 0.1) is 5.52 Å². The summed E-state index contributed by atoms with van der Waals surface area (Å²) in [6, 6.07) is 24.1. The molecule has 1 aliphatic carbocycles. The maximum Gasteiger partial charge on any atom is 0.211 e. The molecule has 0 bridgehead atoms. The molecule has 1 heterocycles. The number of fused-ring (bicyclic) bond motifs is 5.